The molecule has 0 aliphatic rings. The average Bonchev–Trinajstić information content (AvgIpc) is 2.87. The van der Waals surface area contributed by atoms with Crippen LogP contribution in [0.4, 0.5) is 11.4 Å². The van der Waals surface area contributed by atoms with Crippen LogP contribution in [-0.4, -0.2) is 0 Å². The maximum absolute atomic E-state index is 6.38. The average molecular weight is 445 g/mol. The summed E-state index contributed by atoms with van der Waals surface area (Å²) in [4.78, 5) is 0. The highest BCUT2D eigenvalue weighted by molar-refractivity contribution is 5.82. The van der Waals surface area contributed by atoms with Gasteiger partial charge in [-0.3, -0.25) is 0 Å². The van der Waals surface area contributed by atoms with Crippen LogP contribution in [0, 0.1) is 0 Å². The van der Waals surface area contributed by atoms with E-state index in [0.29, 0.717) is 28.6 Å². The molecule has 4 N–H and O–H groups in total. The first-order valence-electron chi connectivity index (χ1n) is 11.0. The van der Waals surface area contributed by atoms with Gasteiger partial charge in [0.25, 0.3) is 0 Å². The topological polar surface area (TPSA) is 70.5 Å². The number of ether oxygens (including phenoxy) is 2. The summed E-state index contributed by atoms with van der Waals surface area (Å²) in [7, 11) is 0. The Bertz CT molecular complexity index is 1400. The Balaban J connectivity index is 1.69. The second-order valence-corrected chi connectivity index (χ2v) is 7.92. The first kappa shape index (κ1) is 21.2. The minimum atomic E-state index is 0.644. The minimum absolute atomic E-state index is 0.644. The number of anilines is 2. The monoisotopic (exact) mass is 444 g/mol. The van der Waals surface area contributed by atoms with Crippen LogP contribution < -0.4 is 20.9 Å². The Morgan fingerprint density at radius 2 is 0.941 bits per heavy atom. The van der Waals surface area contributed by atoms with E-state index in [-0.39, 0.29) is 0 Å². The van der Waals surface area contributed by atoms with Crippen LogP contribution in [-0.2, 0) is 0 Å². The van der Waals surface area contributed by atoms with E-state index in [2.05, 4.69) is 24.3 Å². The zero-order valence-electron chi connectivity index (χ0n) is 18.5. The molecule has 166 valence electrons. The highest BCUT2D eigenvalue weighted by atomic mass is 16.5. The number of hydrogen-bond acceptors (Lipinski definition) is 4. The van der Waals surface area contributed by atoms with E-state index in [9.17, 15) is 0 Å². The van der Waals surface area contributed by atoms with Crippen LogP contribution in [0.25, 0.3) is 22.3 Å². The number of nitrogens with two attached hydrogens (primary N) is 2. The van der Waals surface area contributed by atoms with Crippen LogP contribution in [0.5, 0.6) is 23.0 Å². The second-order valence-electron chi connectivity index (χ2n) is 7.92. The van der Waals surface area contributed by atoms with Crippen molar-refractivity contribution in [1.82, 2.24) is 0 Å². The summed E-state index contributed by atoms with van der Waals surface area (Å²) in [5, 5.41) is 0. The van der Waals surface area contributed by atoms with Crippen molar-refractivity contribution < 1.29 is 9.47 Å². The van der Waals surface area contributed by atoms with E-state index in [0.717, 1.165) is 28.0 Å². The summed E-state index contributed by atoms with van der Waals surface area (Å²) in [6.45, 7) is 0. The number of nitrogen functional groups attached to an aromatic ring is 2. The fourth-order valence-corrected chi connectivity index (χ4v) is 3.78. The van der Waals surface area contributed by atoms with Gasteiger partial charge in [0.1, 0.15) is 23.0 Å². The lowest BCUT2D eigenvalue weighted by Gasteiger charge is -2.18. The van der Waals surface area contributed by atoms with Crippen molar-refractivity contribution in [2.45, 2.75) is 0 Å². The molecule has 5 aromatic carbocycles. The molecule has 0 unspecified atom stereocenters. The van der Waals surface area contributed by atoms with Gasteiger partial charge in [-0.05, 0) is 59.7 Å². The Hall–Kier alpha value is -4.70. The normalized spacial score (nSPS) is 10.6. The van der Waals surface area contributed by atoms with E-state index in [1.807, 2.05) is 97.1 Å². The summed E-state index contributed by atoms with van der Waals surface area (Å²) >= 11 is 0. The van der Waals surface area contributed by atoms with E-state index >= 15 is 0 Å². The molecule has 0 heterocycles. The molecule has 0 radical (unpaired) electrons. The summed E-state index contributed by atoms with van der Waals surface area (Å²) in [5.41, 5.74) is 17.0. The second kappa shape index (κ2) is 9.43. The fourth-order valence-electron chi connectivity index (χ4n) is 3.78. The molecule has 0 amide bonds. The van der Waals surface area contributed by atoms with Crippen molar-refractivity contribution in [2.24, 2.45) is 0 Å². The SMILES string of the molecule is Nc1ccc(Oc2cc(-c3ccccc3)c(Oc3cccc(N)c3)cc2-c2ccccc2)cc1. The van der Waals surface area contributed by atoms with Crippen LogP contribution in [0.1, 0.15) is 0 Å². The smallest absolute Gasteiger partial charge is 0.136 e. The van der Waals surface area contributed by atoms with Crippen molar-refractivity contribution in [1.29, 1.82) is 0 Å². The number of rotatable bonds is 6. The molecule has 4 nitrogen and oxygen atoms in total. The molecule has 0 aliphatic carbocycles. The molecule has 0 saturated carbocycles. The molecule has 5 aromatic rings. The molecule has 0 aliphatic heterocycles. The molecular weight excluding hydrogens is 420 g/mol. The Labute approximate surface area is 199 Å². The van der Waals surface area contributed by atoms with Crippen molar-refractivity contribution in [3.05, 3.63) is 121 Å². The van der Waals surface area contributed by atoms with Crippen molar-refractivity contribution in [3.63, 3.8) is 0 Å². The van der Waals surface area contributed by atoms with Gasteiger partial charge in [0.05, 0.1) is 0 Å². The van der Waals surface area contributed by atoms with Crippen LogP contribution in [0.3, 0.4) is 0 Å². The lowest BCUT2D eigenvalue weighted by Crippen LogP contribution is -1.95. The van der Waals surface area contributed by atoms with Crippen LogP contribution in [0.2, 0.25) is 0 Å². The summed E-state index contributed by atoms with van der Waals surface area (Å²) < 4.78 is 12.8. The largest absolute Gasteiger partial charge is 0.457 e. The van der Waals surface area contributed by atoms with E-state index in [1.54, 1.807) is 0 Å². The van der Waals surface area contributed by atoms with Gasteiger partial charge in [-0.15, -0.1) is 0 Å². The van der Waals surface area contributed by atoms with Crippen molar-refractivity contribution in [3.8, 4) is 45.3 Å². The van der Waals surface area contributed by atoms with Gasteiger partial charge >= 0.3 is 0 Å². The van der Waals surface area contributed by atoms with Crippen molar-refractivity contribution >= 4 is 11.4 Å². The van der Waals surface area contributed by atoms with Gasteiger partial charge in [-0.1, -0.05) is 66.7 Å². The van der Waals surface area contributed by atoms with Crippen LogP contribution >= 0.6 is 0 Å². The third-order valence-electron chi connectivity index (χ3n) is 5.45. The molecule has 0 bridgehead atoms. The predicted molar refractivity (Wildman–Crippen MR) is 139 cm³/mol. The Kier molecular flexibility index (Phi) is 5.87. The molecule has 0 aromatic heterocycles. The molecule has 0 saturated heterocycles. The zero-order valence-corrected chi connectivity index (χ0v) is 18.5. The molecule has 5 rings (SSSR count). The molecule has 0 fully saturated rings. The van der Waals surface area contributed by atoms with Gasteiger partial charge in [0, 0.05) is 28.6 Å². The number of benzene rings is 5. The molecule has 0 spiro atoms. The Morgan fingerprint density at radius 3 is 1.47 bits per heavy atom. The summed E-state index contributed by atoms with van der Waals surface area (Å²) in [5.74, 6) is 2.80. The first-order chi connectivity index (χ1) is 16.7. The maximum atomic E-state index is 6.38. The third kappa shape index (κ3) is 4.71. The highest BCUT2D eigenvalue weighted by Gasteiger charge is 2.17. The van der Waals surface area contributed by atoms with Crippen molar-refractivity contribution in [2.75, 3.05) is 11.5 Å². The molecular formula is C30H24N2O2. The van der Waals surface area contributed by atoms with Gasteiger partial charge in [-0.25, -0.2) is 0 Å². The zero-order chi connectivity index (χ0) is 23.3. The summed E-state index contributed by atoms with van der Waals surface area (Å²) in [6, 6.07) is 39.1. The number of hydrogen-bond donors (Lipinski definition) is 2. The lowest BCUT2D eigenvalue weighted by molar-refractivity contribution is 0.472. The first-order valence-corrected chi connectivity index (χ1v) is 11.0. The van der Waals surface area contributed by atoms with Gasteiger partial charge < -0.3 is 20.9 Å². The quantitative estimate of drug-likeness (QED) is 0.262. The highest BCUT2D eigenvalue weighted by Crippen LogP contribution is 2.44. The van der Waals surface area contributed by atoms with Crippen LogP contribution in [0.15, 0.2) is 121 Å². The standard InChI is InChI=1S/C30H24N2O2/c31-23-14-16-25(17-15-23)33-29-19-28(22-10-5-2-6-11-22)30(34-26-13-7-12-24(32)18-26)20-27(29)21-8-3-1-4-9-21/h1-20H,31-32H2. The van der Waals surface area contributed by atoms with E-state index in [4.69, 9.17) is 20.9 Å². The third-order valence-corrected chi connectivity index (χ3v) is 5.45. The fraction of sp³-hybridized carbons (Fsp3) is 0. The predicted octanol–water partition coefficient (Wildman–Crippen LogP) is 7.77. The lowest BCUT2D eigenvalue weighted by atomic mass is 9.98. The van der Waals surface area contributed by atoms with Gasteiger partial charge in [0.15, 0.2) is 0 Å². The van der Waals surface area contributed by atoms with Gasteiger partial charge in [0.2, 0.25) is 0 Å². The van der Waals surface area contributed by atoms with E-state index in [1.165, 1.54) is 0 Å². The maximum Gasteiger partial charge on any atom is 0.136 e. The van der Waals surface area contributed by atoms with Gasteiger partial charge in [-0.2, -0.15) is 0 Å². The Morgan fingerprint density at radius 1 is 0.412 bits per heavy atom. The minimum Gasteiger partial charge on any atom is -0.457 e. The van der Waals surface area contributed by atoms with E-state index < -0.39 is 0 Å². The molecule has 34 heavy (non-hydrogen) atoms. The summed E-state index contributed by atoms with van der Waals surface area (Å²) in [6.07, 6.45) is 0. The molecule has 4 heteroatoms. The molecule has 0 atom stereocenters.